The summed E-state index contributed by atoms with van der Waals surface area (Å²) in [4.78, 5) is 12.5. The molecule has 1 fully saturated rings. The molecule has 110 valence electrons. The van der Waals surface area contributed by atoms with E-state index in [2.05, 4.69) is 4.90 Å². The zero-order valence-electron chi connectivity index (χ0n) is 11.9. The maximum absolute atomic E-state index is 10.8. The molecule has 1 unspecified atom stereocenters. The smallest absolute Gasteiger partial charge is 0.269 e. The first-order chi connectivity index (χ1) is 9.58. The Balaban J connectivity index is 1.98. The van der Waals surface area contributed by atoms with Crippen LogP contribution in [0.4, 0.5) is 5.69 Å². The van der Waals surface area contributed by atoms with E-state index in [1.165, 1.54) is 44.2 Å². The number of benzene rings is 1. The average Bonchev–Trinajstić information content (AvgIpc) is 2.48. The molecular formula is C15H22N2O3. The molecule has 2 rings (SSSR count). The van der Waals surface area contributed by atoms with Gasteiger partial charge in [-0.3, -0.25) is 10.1 Å². The minimum absolute atomic E-state index is 0.0295. The fraction of sp³-hybridized carbons (Fsp3) is 0.600. The summed E-state index contributed by atoms with van der Waals surface area (Å²) in [5.41, 5.74) is 0.642. The monoisotopic (exact) mass is 278 g/mol. The van der Waals surface area contributed by atoms with Gasteiger partial charge < -0.3 is 10.0 Å². The van der Waals surface area contributed by atoms with Gasteiger partial charge in [0, 0.05) is 24.7 Å². The van der Waals surface area contributed by atoms with Gasteiger partial charge in [-0.15, -0.1) is 0 Å². The molecule has 1 N–H and O–H groups in total. The van der Waals surface area contributed by atoms with E-state index >= 15 is 0 Å². The van der Waals surface area contributed by atoms with Crippen LogP contribution in [0.2, 0.25) is 0 Å². The minimum Gasteiger partial charge on any atom is -0.387 e. The predicted octanol–water partition coefficient (Wildman–Crippen LogP) is 2.89. The van der Waals surface area contributed by atoms with Crippen LogP contribution in [0.1, 0.15) is 43.8 Å². The van der Waals surface area contributed by atoms with E-state index in [0.29, 0.717) is 18.2 Å². The zero-order valence-corrected chi connectivity index (χ0v) is 11.9. The lowest BCUT2D eigenvalue weighted by Crippen LogP contribution is -2.36. The van der Waals surface area contributed by atoms with E-state index in [1.807, 2.05) is 7.05 Å². The Morgan fingerprint density at radius 3 is 2.75 bits per heavy atom. The standard InChI is InChI=1S/C15H22N2O3/c1-16(13-7-3-2-4-8-13)11-15(18)12-6-5-9-14(10-12)17(19)20/h5-6,9-10,13,15,18H,2-4,7-8,11H2,1H3. The van der Waals surface area contributed by atoms with Crippen molar-refractivity contribution in [2.45, 2.75) is 44.2 Å². The first-order valence-corrected chi connectivity index (χ1v) is 7.20. The van der Waals surface area contributed by atoms with Gasteiger partial charge >= 0.3 is 0 Å². The van der Waals surface area contributed by atoms with Gasteiger partial charge in [-0.1, -0.05) is 31.4 Å². The van der Waals surface area contributed by atoms with E-state index in [9.17, 15) is 15.2 Å². The van der Waals surface area contributed by atoms with Crippen molar-refractivity contribution >= 4 is 5.69 Å². The molecule has 0 bridgehead atoms. The molecule has 0 radical (unpaired) electrons. The fourth-order valence-electron chi connectivity index (χ4n) is 2.89. The van der Waals surface area contributed by atoms with Crippen LogP contribution in [0.3, 0.4) is 0 Å². The summed E-state index contributed by atoms with van der Waals surface area (Å²) >= 11 is 0. The molecule has 0 saturated heterocycles. The summed E-state index contributed by atoms with van der Waals surface area (Å²) in [6.07, 6.45) is 5.49. The number of aliphatic hydroxyl groups is 1. The summed E-state index contributed by atoms with van der Waals surface area (Å²) in [6.45, 7) is 0.520. The molecule has 1 saturated carbocycles. The molecule has 1 atom stereocenters. The zero-order chi connectivity index (χ0) is 14.5. The van der Waals surface area contributed by atoms with Crippen molar-refractivity contribution in [2.75, 3.05) is 13.6 Å². The Hall–Kier alpha value is -1.46. The van der Waals surface area contributed by atoms with Crippen molar-refractivity contribution in [1.29, 1.82) is 0 Å². The SMILES string of the molecule is CN(CC(O)c1cccc([N+](=O)[O-])c1)C1CCCCC1. The number of rotatable bonds is 5. The number of hydrogen-bond donors (Lipinski definition) is 1. The van der Waals surface area contributed by atoms with Crippen molar-refractivity contribution in [3.63, 3.8) is 0 Å². The van der Waals surface area contributed by atoms with E-state index < -0.39 is 11.0 Å². The number of nitrogens with zero attached hydrogens (tertiary/aromatic N) is 2. The summed E-state index contributed by atoms with van der Waals surface area (Å²) < 4.78 is 0. The molecule has 0 heterocycles. The molecule has 20 heavy (non-hydrogen) atoms. The van der Waals surface area contributed by atoms with Crippen molar-refractivity contribution in [1.82, 2.24) is 4.90 Å². The lowest BCUT2D eigenvalue weighted by molar-refractivity contribution is -0.385. The maximum Gasteiger partial charge on any atom is 0.269 e. The molecule has 0 aliphatic heterocycles. The Labute approximate surface area is 119 Å². The van der Waals surface area contributed by atoms with Crippen LogP contribution in [0, 0.1) is 10.1 Å². The van der Waals surface area contributed by atoms with Gasteiger partial charge in [0.2, 0.25) is 0 Å². The molecule has 5 heteroatoms. The number of non-ortho nitro benzene ring substituents is 1. The third kappa shape index (κ3) is 3.77. The van der Waals surface area contributed by atoms with Gasteiger partial charge in [0.1, 0.15) is 0 Å². The van der Waals surface area contributed by atoms with Crippen LogP contribution < -0.4 is 0 Å². The van der Waals surface area contributed by atoms with Crippen LogP contribution in [0.25, 0.3) is 0 Å². The van der Waals surface area contributed by atoms with E-state index in [4.69, 9.17) is 0 Å². The predicted molar refractivity (Wildman–Crippen MR) is 77.6 cm³/mol. The van der Waals surface area contributed by atoms with Crippen LogP contribution in [-0.2, 0) is 0 Å². The lowest BCUT2D eigenvalue weighted by Gasteiger charge is -2.32. The third-order valence-corrected chi connectivity index (χ3v) is 4.12. The van der Waals surface area contributed by atoms with Crippen LogP contribution in [0.5, 0.6) is 0 Å². The lowest BCUT2D eigenvalue weighted by atomic mass is 9.94. The summed E-state index contributed by atoms with van der Waals surface area (Å²) in [5.74, 6) is 0. The molecule has 5 nitrogen and oxygen atoms in total. The first-order valence-electron chi connectivity index (χ1n) is 7.20. The summed E-state index contributed by atoms with van der Waals surface area (Å²) in [7, 11) is 2.02. The fourth-order valence-corrected chi connectivity index (χ4v) is 2.89. The molecular weight excluding hydrogens is 256 g/mol. The Morgan fingerprint density at radius 1 is 1.40 bits per heavy atom. The van der Waals surface area contributed by atoms with Crippen molar-refractivity contribution < 1.29 is 10.0 Å². The summed E-state index contributed by atoms with van der Waals surface area (Å²) in [6, 6.07) is 6.79. The normalized spacial score (nSPS) is 18.1. The summed E-state index contributed by atoms with van der Waals surface area (Å²) in [5, 5.41) is 21.0. The number of nitro benzene ring substituents is 1. The van der Waals surface area contributed by atoms with E-state index in [-0.39, 0.29) is 5.69 Å². The van der Waals surface area contributed by atoms with Gasteiger partial charge in [0.05, 0.1) is 11.0 Å². The second-order valence-electron chi connectivity index (χ2n) is 5.60. The molecule has 1 aliphatic carbocycles. The highest BCUT2D eigenvalue weighted by atomic mass is 16.6. The first kappa shape index (κ1) is 14.9. The maximum atomic E-state index is 10.8. The number of aliphatic hydroxyl groups excluding tert-OH is 1. The highest BCUT2D eigenvalue weighted by molar-refractivity contribution is 5.35. The van der Waals surface area contributed by atoms with Gasteiger partial charge in [0.15, 0.2) is 0 Å². The van der Waals surface area contributed by atoms with Crippen molar-refractivity contribution in [3.8, 4) is 0 Å². The van der Waals surface area contributed by atoms with E-state index in [0.717, 1.165) is 0 Å². The van der Waals surface area contributed by atoms with Crippen LogP contribution in [0.15, 0.2) is 24.3 Å². The second kappa shape index (κ2) is 6.81. The Kier molecular flexibility index (Phi) is 5.09. The second-order valence-corrected chi connectivity index (χ2v) is 5.60. The molecule has 1 aromatic rings. The molecule has 0 aromatic heterocycles. The third-order valence-electron chi connectivity index (χ3n) is 4.12. The minimum atomic E-state index is -0.679. The van der Waals surface area contributed by atoms with Crippen molar-refractivity contribution in [2.24, 2.45) is 0 Å². The molecule has 0 amide bonds. The van der Waals surface area contributed by atoms with Gasteiger partial charge in [-0.2, -0.15) is 0 Å². The van der Waals surface area contributed by atoms with Crippen molar-refractivity contribution in [3.05, 3.63) is 39.9 Å². The number of likely N-dealkylation sites (N-methyl/N-ethyl adjacent to an activating group) is 1. The number of hydrogen-bond acceptors (Lipinski definition) is 4. The van der Waals surface area contributed by atoms with Gasteiger partial charge in [-0.05, 0) is 25.5 Å². The Morgan fingerprint density at radius 2 is 2.10 bits per heavy atom. The van der Waals surface area contributed by atoms with Gasteiger partial charge in [-0.25, -0.2) is 0 Å². The molecule has 1 aliphatic rings. The average molecular weight is 278 g/mol. The van der Waals surface area contributed by atoms with Gasteiger partial charge in [0.25, 0.3) is 5.69 Å². The largest absolute Gasteiger partial charge is 0.387 e. The quantitative estimate of drug-likeness (QED) is 0.664. The Bertz CT molecular complexity index is 458. The highest BCUT2D eigenvalue weighted by Gasteiger charge is 2.21. The van der Waals surface area contributed by atoms with Crippen LogP contribution >= 0.6 is 0 Å². The number of nitro groups is 1. The van der Waals surface area contributed by atoms with E-state index in [1.54, 1.807) is 12.1 Å². The molecule has 0 spiro atoms. The molecule has 1 aromatic carbocycles. The highest BCUT2D eigenvalue weighted by Crippen LogP contribution is 2.25. The topological polar surface area (TPSA) is 66.6 Å². The van der Waals surface area contributed by atoms with Crippen LogP contribution in [-0.4, -0.2) is 34.6 Å².